The molecular weight excluding hydrogens is 667 g/mol. The molecule has 1 aromatic carbocycles. The van der Waals surface area contributed by atoms with Gasteiger partial charge in [-0.2, -0.15) is 13.4 Å². The average Bonchev–Trinajstić information content (AvgIpc) is 3.85. The van der Waals surface area contributed by atoms with Crippen molar-refractivity contribution < 1.29 is 45.8 Å². The van der Waals surface area contributed by atoms with Gasteiger partial charge in [0.2, 0.25) is 5.91 Å². The molecule has 4 rings (SSSR count). The van der Waals surface area contributed by atoms with Gasteiger partial charge in [-0.1, -0.05) is 30.3 Å². The molecule has 0 radical (unpaired) electrons. The number of thioether (sulfide) groups is 1. The van der Waals surface area contributed by atoms with Crippen molar-refractivity contribution in [2.75, 3.05) is 27.3 Å². The minimum atomic E-state index is -4.16. The van der Waals surface area contributed by atoms with E-state index in [1.165, 1.54) is 25.3 Å². The maximum Gasteiger partial charge on any atom is 0.397 e. The summed E-state index contributed by atoms with van der Waals surface area (Å²) in [4.78, 5) is 55.8. The van der Waals surface area contributed by atoms with Crippen LogP contribution in [0.4, 0.5) is 0 Å². The van der Waals surface area contributed by atoms with Gasteiger partial charge in [-0.15, -0.1) is 0 Å². The lowest BCUT2D eigenvalue weighted by atomic mass is 9.98. The Morgan fingerprint density at radius 2 is 1.58 bits per heavy atom. The average molecular weight is 712 g/mol. The molecule has 2 amide bonds. The quantitative estimate of drug-likeness (QED) is 0.0763. The van der Waals surface area contributed by atoms with Gasteiger partial charge >= 0.3 is 22.3 Å². The fourth-order valence-corrected chi connectivity index (χ4v) is 6.51. The van der Waals surface area contributed by atoms with E-state index in [0.29, 0.717) is 35.7 Å². The number of amidine groups is 2. The highest BCUT2D eigenvalue weighted by Gasteiger charge is 2.47. The zero-order valence-corrected chi connectivity index (χ0v) is 29.1. The Morgan fingerprint density at radius 1 is 0.958 bits per heavy atom. The monoisotopic (exact) mass is 711 g/mol. The SMILES string of the molecule is COC(=O)CCNC(=O)C1SC(=NC(=O)c2ccc(C(=N)NCCCC(=O)OC3CCCCC3)cc2)N(C2CC2)C1C.COS(=O)(=O)O. The van der Waals surface area contributed by atoms with E-state index in [1.54, 1.807) is 24.3 Å². The number of methoxy groups -OCH3 is 1. The highest BCUT2D eigenvalue weighted by molar-refractivity contribution is 8.15. The number of nitrogens with one attached hydrogen (secondary N) is 3. The van der Waals surface area contributed by atoms with Crippen LogP contribution in [0.15, 0.2) is 29.3 Å². The Kier molecular flexibility index (Phi) is 15.3. The summed E-state index contributed by atoms with van der Waals surface area (Å²) >= 11 is 1.27. The van der Waals surface area contributed by atoms with Crippen LogP contribution in [0, 0.1) is 5.41 Å². The van der Waals surface area contributed by atoms with Gasteiger partial charge in [0, 0.05) is 42.7 Å². The van der Waals surface area contributed by atoms with Crippen LogP contribution in [0.1, 0.15) is 87.1 Å². The van der Waals surface area contributed by atoms with E-state index in [1.807, 2.05) is 6.92 Å². The van der Waals surface area contributed by atoms with Crippen LogP contribution in [0.3, 0.4) is 0 Å². The highest BCUT2D eigenvalue weighted by Crippen LogP contribution is 2.40. The van der Waals surface area contributed by atoms with Gasteiger partial charge < -0.3 is 25.0 Å². The van der Waals surface area contributed by atoms with Crippen molar-refractivity contribution in [3.8, 4) is 0 Å². The van der Waals surface area contributed by atoms with E-state index in [4.69, 9.17) is 14.7 Å². The number of ether oxygens (including phenoxy) is 2. The van der Waals surface area contributed by atoms with Crippen molar-refractivity contribution in [3.05, 3.63) is 35.4 Å². The Labute approximate surface area is 285 Å². The van der Waals surface area contributed by atoms with Crippen molar-refractivity contribution >= 4 is 56.9 Å². The van der Waals surface area contributed by atoms with Gasteiger partial charge in [0.15, 0.2) is 5.17 Å². The topological polar surface area (TPSA) is 214 Å². The first kappa shape index (κ1) is 38.9. The number of rotatable bonds is 13. The maximum absolute atomic E-state index is 13.1. The summed E-state index contributed by atoms with van der Waals surface area (Å²) in [6.45, 7) is 2.61. The van der Waals surface area contributed by atoms with Gasteiger partial charge in [-0.25, -0.2) is 0 Å². The number of carbonyl (C=O) groups is 4. The van der Waals surface area contributed by atoms with Crippen molar-refractivity contribution in [2.45, 2.75) is 94.6 Å². The minimum Gasteiger partial charge on any atom is -0.469 e. The van der Waals surface area contributed by atoms with Crippen LogP contribution >= 0.6 is 11.8 Å². The Bertz CT molecular complexity index is 1430. The van der Waals surface area contributed by atoms with Crippen molar-refractivity contribution in [1.29, 1.82) is 5.41 Å². The summed E-state index contributed by atoms with van der Waals surface area (Å²) in [7, 11) is -1.98. The van der Waals surface area contributed by atoms with Gasteiger partial charge in [0.1, 0.15) is 17.2 Å². The molecule has 2 unspecified atom stereocenters. The van der Waals surface area contributed by atoms with Crippen LogP contribution in [-0.2, 0) is 38.4 Å². The summed E-state index contributed by atoms with van der Waals surface area (Å²) in [5, 5.41) is 14.2. The van der Waals surface area contributed by atoms with Crippen LogP contribution in [0.5, 0.6) is 0 Å². The Morgan fingerprint density at radius 3 is 2.17 bits per heavy atom. The first-order chi connectivity index (χ1) is 22.8. The molecule has 2 saturated carbocycles. The second kappa shape index (κ2) is 18.9. The predicted molar refractivity (Wildman–Crippen MR) is 179 cm³/mol. The molecule has 1 heterocycles. The number of hydrogen-bond donors (Lipinski definition) is 4. The largest absolute Gasteiger partial charge is 0.469 e. The van der Waals surface area contributed by atoms with E-state index >= 15 is 0 Å². The lowest BCUT2D eigenvalue weighted by molar-refractivity contribution is -0.150. The van der Waals surface area contributed by atoms with Gasteiger partial charge in [0.05, 0.1) is 20.6 Å². The normalized spacial score (nSPS) is 20.3. The molecule has 4 N–H and O–H groups in total. The first-order valence-electron chi connectivity index (χ1n) is 15.9. The third kappa shape index (κ3) is 12.8. The minimum absolute atomic E-state index is 0.0570. The van der Waals surface area contributed by atoms with Crippen LogP contribution in [0.25, 0.3) is 0 Å². The smallest absolute Gasteiger partial charge is 0.397 e. The van der Waals surface area contributed by atoms with E-state index in [-0.39, 0.29) is 48.9 Å². The second-order valence-electron chi connectivity index (χ2n) is 11.6. The summed E-state index contributed by atoms with van der Waals surface area (Å²) in [5.41, 5.74) is 1.01. The van der Waals surface area contributed by atoms with E-state index in [0.717, 1.165) is 45.6 Å². The number of esters is 2. The number of hydrogen-bond acceptors (Lipinski definition) is 11. The summed E-state index contributed by atoms with van der Waals surface area (Å²) in [6.07, 6.45) is 8.36. The molecule has 48 heavy (non-hydrogen) atoms. The molecule has 1 aliphatic heterocycles. The van der Waals surface area contributed by atoms with Gasteiger partial charge in [-0.05, 0) is 64.0 Å². The molecule has 3 aliphatic rings. The lowest BCUT2D eigenvalue weighted by Crippen LogP contribution is -2.43. The van der Waals surface area contributed by atoms with Crippen molar-refractivity contribution in [2.24, 2.45) is 4.99 Å². The molecule has 15 nitrogen and oxygen atoms in total. The molecule has 2 atom stereocenters. The van der Waals surface area contributed by atoms with Crippen LogP contribution in [-0.4, -0.2) is 103 Å². The Hall–Kier alpha value is -3.54. The third-order valence-corrected chi connectivity index (χ3v) is 9.72. The predicted octanol–water partition coefficient (Wildman–Crippen LogP) is 2.84. The molecular formula is C31H45N5O10S2. The zero-order chi connectivity index (χ0) is 35.3. The first-order valence-corrected chi connectivity index (χ1v) is 18.1. The fourth-order valence-electron chi connectivity index (χ4n) is 5.19. The fraction of sp³-hybridized carbons (Fsp3) is 0.613. The molecule has 0 aromatic heterocycles. The molecule has 1 aromatic rings. The molecule has 0 spiro atoms. The van der Waals surface area contributed by atoms with E-state index in [9.17, 15) is 27.6 Å². The number of nitrogens with zero attached hydrogens (tertiary/aromatic N) is 2. The highest BCUT2D eigenvalue weighted by atomic mass is 32.3. The van der Waals surface area contributed by atoms with Crippen molar-refractivity contribution in [3.63, 3.8) is 0 Å². The zero-order valence-electron chi connectivity index (χ0n) is 27.4. The summed E-state index contributed by atoms with van der Waals surface area (Å²) in [5.74, 6) is -0.971. The number of benzene rings is 1. The van der Waals surface area contributed by atoms with Crippen LogP contribution in [0.2, 0.25) is 0 Å². The molecule has 17 heteroatoms. The molecule has 3 fully saturated rings. The number of carbonyl (C=O) groups excluding carboxylic acids is 4. The van der Waals surface area contributed by atoms with E-state index in [2.05, 4.69) is 29.4 Å². The second-order valence-corrected chi connectivity index (χ2v) is 13.9. The molecule has 0 bridgehead atoms. The van der Waals surface area contributed by atoms with Crippen LogP contribution < -0.4 is 10.6 Å². The third-order valence-electron chi connectivity index (χ3n) is 7.92. The van der Waals surface area contributed by atoms with Gasteiger partial charge in [0.25, 0.3) is 5.91 Å². The van der Waals surface area contributed by atoms with E-state index < -0.39 is 27.5 Å². The molecule has 1 saturated heterocycles. The number of aliphatic imine (C=N–C) groups is 1. The summed E-state index contributed by atoms with van der Waals surface area (Å²) in [6, 6.07) is 6.79. The molecule has 266 valence electrons. The standard InChI is InChI=1S/C30H41N5O6S.CH4O4S/c1-19-26(29(39)33-18-16-24(36)40-2)42-30(35(19)22-14-15-22)34-28(38)21-12-10-20(11-13-21)27(31)32-17-6-9-25(37)41-23-7-4-3-5-8-23;1-5-6(2,3)4/h10-13,19,22-23,26H,3-9,14-18H2,1-2H3,(H2,31,32)(H,33,39);1H3,(H,2,3,4). The Balaban J connectivity index is 0.000000952. The van der Waals surface area contributed by atoms with Crippen molar-refractivity contribution in [1.82, 2.24) is 15.5 Å². The lowest BCUT2D eigenvalue weighted by Gasteiger charge is -2.24. The molecule has 2 aliphatic carbocycles. The van der Waals surface area contributed by atoms with Gasteiger partial charge in [-0.3, -0.25) is 33.3 Å². The maximum atomic E-state index is 13.1. The number of amides is 2. The summed E-state index contributed by atoms with van der Waals surface area (Å²) < 4.78 is 39.9.